The first kappa shape index (κ1) is 16.3. The second-order valence-corrected chi connectivity index (χ2v) is 6.81. The highest BCUT2D eigenvalue weighted by Gasteiger charge is 2.28. The molecule has 118 valence electrons. The molecule has 0 spiro atoms. The van der Waals surface area contributed by atoms with Gasteiger partial charge in [0.15, 0.2) is 0 Å². The van der Waals surface area contributed by atoms with Crippen LogP contribution in [-0.2, 0) is 4.74 Å². The first-order valence-corrected chi connectivity index (χ1v) is 8.07. The van der Waals surface area contributed by atoms with Crippen LogP contribution in [-0.4, -0.2) is 25.4 Å². The molecule has 0 aliphatic carbocycles. The van der Waals surface area contributed by atoms with Crippen LogP contribution in [0.3, 0.4) is 0 Å². The van der Waals surface area contributed by atoms with Crippen LogP contribution in [0.1, 0.15) is 52.1 Å². The molecule has 0 amide bonds. The van der Waals surface area contributed by atoms with E-state index in [9.17, 15) is 0 Å². The van der Waals surface area contributed by atoms with Gasteiger partial charge >= 0.3 is 0 Å². The Balaban J connectivity index is 1.91. The van der Waals surface area contributed by atoms with E-state index in [-0.39, 0.29) is 5.54 Å². The molecule has 1 saturated heterocycles. The maximum atomic E-state index is 5.74. The fourth-order valence-corrected chi connectivity index (χ4v) is 2.69. The second-order valence-electron chi connectivity index (χ2n) is 6.81. The summed E-state index contributed by atoms with van der Waals surface area (Å²) < 4.78 is 11.2. The molecule has 1 aliphatic heterocycles. The van der Waals surface area contributed by atoms with Crippen molar-refractivity contribution in [1.82, 2.24) is 5.32 Å². The predicted molar refractivity (Wildman–Crippen MR) is 86.8 cm³/mol. The molecule has 0 radical (unpaired) electrons. The number of hydrogen-bond acceptors (Lipinski definition) is 3. The fourth-order valence-electron chi connectivity index (χ4n) is 2.69. The molecule has 1 aliphatic rings. The summed E-state index contributed by atoms with van der Waals surface area (Å²) in [5.41, 5.74) is 1.49. The number of hydrogen-bond donors (Lipinski definition) is 1. The third-order valence-corrected chi connectivity index (χ3v) is 4.12. The lowest BCUT2D eigenvalue weighted by Crippen LogP contribution is -2.47. The van der Waals surface area contributed by atoms with Gasteiger partial charge in [-0.25, -0.2) is 0 Å². The second kappa shape index (κ2) is 7.28. The Morgan fingerprint density at radius 3 is 2.33 bits per heavy atom. The van der Waals surface area contributed by atoms with Crippen molar-refractivity contribution < 1.29 is 9.47 Å². The Bertz CT molecular complexity index is 421. The highest BCUT2D eigenvalue weighted by atomic mass is 16.5. The monoisotopic (exact) mass is 291 g/mol. The Labute approximate surface area is 129 Å². The fraction of sp³-hybridized carbons (Fsp3) is 0.667. The molecular formula is C18H29NO2. The number of ether oxygens (including phenoxy) is 2. The minimum absolute atomic E-state index is 0.185. The lowest BCUT2D eigenvalue weighted by Gasteiger charge is -2.37. The Hall–Kier alpha value is -1.06. The highest BCUT2D eigenvalue weighted by molar-refractivity contribution is 5.29. The normalized spacial score (nSPS) is 19.5. The average molecular weight is 291 g/mol. The molecule has 1 N–H and O–H groups in total. The summed E-state index contributed by atoms with van der Waals surface area (Å²) in [4.78, 5) is 0. The third-order valence-electron chi connectivity index (χ3n) is 4.12. The van der Waals surface area contributed by atoms with Crippen LogP contribution in [0.4, 0.5) is 0 Å². The van der Waals surface area contributed by atoms with Crippen molar-refractivity contribution >= 4 is 0 Å². The van der Waals surface area contributed by atoms with E-state index in [2.05, 4.69) is 57.3 Å². The molecule has 1 aromatic carbocycles. The van der Waals surface area contributed by atoms with E-state index in [1.54, 1.807) is 0 Å². The summed E-state index contributed by atoms with van der Waals surface area (Å²) in [6.07, 6.45) is 2.15. The first-order chi connectivity index (χ1) is 9.98. The molecule has 0 bridgehead atoms. The molecule has 1 atom stereocenters. The Morgan fingerprint density at radius 2 is 1.76 bits per heavy atom. The minimum atomic E-state index is 0.185. The maximum absolute atomic E-state index is 5.74. The van der Waals surface area contributed by atoms with E-state index in [1.165, 1.54) is 5.56 Å². The van der Waals surface area contributed by atoms with Crippen LogP contribution in [0.5, 0.6) is 5.75 Å². The van der Waals surface area contributed by atoms with E-state index in [1.807, 2.05) is 0 Å². The maximum Gasteiger partial charge on any atom is 0.119 e. The van der Waals surface area contributed by atoms with Crippen molar-refractivity contribution in [2.45, 2.75) is 52.1 Å². The molecule has 0 aromatic heterocycles. The van der Waals surface area contributed by atoms with Crippen molar-refractivity contribution in [3.63, 3.8) is 0 Å². The van der Waals surface area contributed by atoms with Gasteiger partial charge < -0.3 is 14.8 Å². The SMILES string of the molecule is CC(C)COc1ccc(C(C)NC2(C)CCOCC2)cc1. The van der Waals surface area contributed by atoms with E-state index >= 15 is 0 Å². The van der Waals surface area contributed by atoms with Gasteiger partial charge in [0.05, 0.1) is 6.61 Å². The van der Waals surface area contributed by atoms with E-state index in [4.69, 9.17) is 9.47 Å². The molecule has 21 heavy (non-hydrogen) atoms. The highest BCUT2D eigenvalue weighted by Crippen LogP contribution is 2.25. The zero-order valence-electron chi connectivity index (χ0n) is 13.8. The summed E-state index contributed by atoms with van der Waals surface area (Å²) >= 11 is 0. The van der Waals surface area contributed by atoms with Crippen molar-refractivity contribution in [2.24, 2.45) is 5.92 Å². The van der Waals surface area contributed by atoms with Gasteiger partial charge in [0, 0.05) is 24.8 Å². The topological polar surface area (TPSA) is 30.5 Å². The van der Waals surface area contributed by atoms with Crippen molar-refractivity contribution in [2.75, 3.05) is 19.8 Å². The largest absolute Gasteiger partial charge is 0.493 e. The summed E-state index contributed by atoms with van der Waals surface area (Å²) in [5, 5.41) is 3.76. The van der Waals surface area contributed by atoms with E-state index in [0.29, 0.717) is 12.0 Å². The summed E-state index contributed by atoms with van der Waals surface area (Å²) in [6.45, 7) is 11.3. The van der Waals surface area contributed by atoms with Gasteiger partial charge in [-0.05, 0) is 50.3 Å². The summed E-state index contributed by atoms with van der Waals surface area (Å²) in [6, 6.07) is 8.81. The van der Waals surface area contributed by atoms with E-state index < -0.39 is 0 Å². The van der Waals surface area contributed by atoms with Gasteiger partial charge in [-0.15, -0.1) is 0 Å². The van der Waals surface area contributed by atoms with Crippen LogP contribution in [0.15, 0.2) is 24.3 Å². The van der Waals surface area contributed by atoms with Crippen molar-refractivity contribution in [3.8, 4) is 5.75 Å². The molecular weight excluding hydrogens is 262 g/mol. The Morgan fingerprint density at radius 1 is 1.14 bits per heavy atom. The molecule has 1 fully saturated rings. The van der Waals surface area contributed by atoms with Gasteiger partial charge in [0.2, 0.25) is 0 Å². The minimum Gasteiger partial charge on any atom is -0.493 e. The van der Waals surface area contributed by atoms with Crippen LogP contribution >= 0.6 is 0 Å². The van der Waals surface area contributed by atoms with Gasteiger partial charge in [-0.3, -0.25) is 0 Å². The van der Waals surface area contributed by atoms with Crippen molar-refractivity contribution in [3.05, 3.63) is 29.8 Å². The lowest BCUT2D eigenvalue weighted by molar-refractivity contribution is 0.0413. The van der Waals surface area contributed by atoms with E-state index in [0.717, 1.165) is 38.4 Å². The molecule has 3 nitrogen and oxygen atoms in total. The zero-order valence-corrected chi connectivity index (χ0v) is 13.8. The van der Waals surface area contributed by atoms with Gasteiger partial charge in [0.1, 0.15) is 5.75 Å². The standard InChI is InChI=1S/C18H29NO2/c1-14(2)13-21-17-7-5-16(6-8-17)15(3)19-18(4)9-11-20-12-10-18/h5-8,14-15,19H,9-13H2,1-4H3. The van der Waals surface area contributed by atoms with Crippen LogP contribution in [0.2, 0.25) is 0 Å². The predicted octanol–water partition coefficient (Wildman–Crippen LogP) is 3.94. The van der Waals surface area contributed by atoms with Gasteiger partial charge in [-0.2, -0.15) is 0 Å². The first-order valence-electron chi connectivity index (χ1n) is 8.07. The summed E-state index contributed by atoms with van der Waals surface area (Å²) in [5.74, 6) is 1.51. The number of nitrogens with one attached hydrogen (secondary N) is 1. The zero-order chi connectivity index (χ0) is 15.3. The van der Waals surface area contributed by atoms with Crippen molar-refractivity contribution in [1.29, 1.82) is 0 Å². The quantitative estimate of drug-likeness (QED) is 0.861. The molecule has 3 heteroatoms. The lowest BCUT2D eigenvalue weighted by atomic mass is 9.90. The number of rotatable bonds is 6. The summed E-state index contributed by atoms with van der Waals surface area (Å²) in [7, 11) is 0. The molecule has 0 saturated carbocycles. The van der Waals surface area contributed by atoms with Crippen LogP contribution in [0, 0.1) is 5.92 Å². The average Bonchev–Trinajstić information content (AvgIpc) is 2.46. The van der Waals surface area contributed by atoms with Crippen LogP contribution in [0.25, 0.3) is 0 Å². The smallest absolute Gasteiger partial charge is 0.119 e. The molecule has 2 rings (SSSR count). The van der Waals surface area contributed by atoms with Gasteiger partial charge in [-0.1, -0.05) is 26.0 Å². The van der Waals surface area contributed by atoms with Crippen LogP contribution < -0.4 is 10.1 Å². The molecule has 1 heterocycles. The number of benzene rings is 1. The molecule has 1 aromatic rings. The molecule has 1 unspecified atom stereocenters. The van der Waals surface area contributed by atoms with Gasteiger partial charge in [0.25, 0.3) is 0 Å². The third kappa shape index (κ3) is 5.01. The Kier molecular flexibility index (Phi) is 5.65.